The van der Waals surface area contributed by atoms with Gasteiger partial charge in [0.1, 0.15) is 0 Å². The molecule has 0 bridgehead atoms. The number of hydrogen-bond donors (Lipinski definition) is 0. The largest absolute Gasteiger partial charge is 0.265 e. The zero-order chi connectivity index (χ0) is 33.3. The first kappa shape index (κ1) is 38.5. The number of rotatable bonds is 5. The molecule has 0 spiro atoms. The first-order chi connectivity index (χ1) is 23.1. The Balaban J connectivity index is 0.000000210. The number of aromatic nitrogens is 3. The number of halogens is 1. The second-order valence-electron chi connectivity index (χ2n) is 10.1. The van der Waals surface area contributed by atoms with Crippen molar-refractivity contribution in [1.82, 2.24) is 9.55 Å². The molecule has 248 valence electrons. The molecule has 0 saturated heterocycles. The normalized spacial score (nSPS) is 9.62. The molecule has 2 heterocycles. The number of pyridine rings is 1. The summed E-state index contributed by atoms with van der Waals surface area (Å²) in [7, 11) is 6.52. The Bertz CT molecular complexity index is 1820. The van der Waals surface area contributed by atoms with Gasteiger partial charge in [0.15, 0.2) is 0 Å². The third-order valence-electron chi connectivity index (χ3n) is 6.59. The van der Waals surface area contributed by atoms with Crippen LogP contribution in [0.1, 0.15) is 11.1 Å². The van der Waals surface area contributed by atoms with Crippen LogP contribution in [-0.4, -0.2) is 9.55 Å². The number of aryl methyl sites for hydroxylation is 3. The van der Waals surface area contributed by atoms with Gasteiger partial charge in [-0.1, -0.05) is 25.6 Å². The molecule has 0 aliphatic heterocycles. The predicted octanol–water partition coefficient (Wildman–Crippen LogP) is 9.30. The summed E-state index contributed by atoms with van der Waals surface area (Å²) < 4.78 is 9.67. The third-order valence-corrected chi connectivity index (χ3v) is 6.59. The summed E-state index contributed by atoms with van der Waals surface area (Å²) in [5, 5.41) is 0. The van der Waals surface area contributed by atoms with Gasteiger partial charge in [0.05, 0.1) is 7.05 Å². The summed E-state index contributed by atoms with van der Waals surface area (Å²) in [6.07, 6.45) is 10.6. The van der Waals surface area contributed by atoms with E-state index in [-0.39, 0.29) is 22.4 Å². The van der Waals surface area contributed by atoms with Gasteiger partial charge in [0.2, 0.25) is 6.33 Å². The summed E-state index contributed by atoms with van der Waals surface area (Å²) in [4.78, 5) is 3.78. The molecule has 0 fully saturated rings. The average molecular weight is 1010 g/mol. The van der Waals surface area contributed by atoms with Gasteiger partial charge >= 0.3 is 51.6 Å². The van der Waals surface area contributed by atoms with Crippen LogP contribution < -0.4 is 9.30 Å². The second-order valence-corrected chi connectivity index (χ2v) is 10.1. The Labute approximate surface area is 316 Å². The van der Waals surface area contributed by atoms with Gasteiger partial charge in [-0.3, -0.25) is 4.98 Å². The van der Waals surface area contributed by atoms with Crippen LogP contribution in [0.4, 0.5) is 0 Å². The van der Waals surface area contributed by atoms with Crippen molar-refractivity contribution in [2.24, 2.45) is 7.05 Å². The molecule has 48 heavy (non-hydrogen) atoms. The second kappa shape index (κ2) is 21.1. The van der Waals surface area contributed by atoms with Gasteiger partial charge in [-0.05, 0) is 12.1 Å². The van der Waals surface area contributed by atoms with E-state index < -0.39 is 0 Å². The van der Waals surface area contributed by atoms with Crippen LogP contribution in [0.5, 0.6) is 11.5 Å². The van der Waals surface area contributed by atoms with E-state index in [1.54, 1.807) is 32.4 Å². The Hall–Kier alpha value is -3.97. The minimum Gasteiger partial charge on any atom is -0.265 e. The molecular weight excluding hydrogens is 980 g/mol. The zero-order valence-electron chi connectivity index (χ0n) is 26.5. The van der Waals surface area contributed by atoms with Crippen LogP contribution in [-0.2, 0) is 49.4 Å². The maximum Gasteiger partial charge on any atom is 0.0267 e. The quantitative estimate of drug-likeness (QED) is 0.0979. The van der Waals surface area contributed by atoms with Gasteiger partial charge in [-0.25, -0.2) is 28.3 Å². The molecule has 2 aromatic heterocycles. The van der Waals surface area contributed by atoms with E-state index in [9.17, 15) is 0 Å². The minimum atomic E-state index is 0. The SMILES string of the molecule is Cc1cc(C)c(-[n+]2[c-]n(C)cc2)[c-]c1Oc1[c-]cccc1.[Au+3].[Cl][Au].[c-]1ccccc1-c1[c-]c(-c2[c-]cccc2)ccc1.c1ccncc1. The first-order valence-electron chi connectivity index (χ1n) is 14.6. The van der Waals surface area contributed by atoms with Crippen LogP contribution >= 0.6 is 9.19 Å². The van der Waals surface area contributed by atoms with Crippen LogP contribution in [0, 0.1) is 50.5 Å². The Kier molecular flexibility index (Phi) is 16.9. The number of benzene rings is 5. The van der Waals surface area contributed by atoms with E-state index in [0.717, 1.165) is 39.1 Å². The van der Waals surface area contributed by atoms with Gasteiger partial charge in [-0.2, -0.15) is 90.5 Å². The molecule has 7 aromatic rings. The molecule has 0 amide bonds. The average Bonchev–Trinajstić information content (AvgIpc) is 3.58. The summed E-state index contributed by atoms with van der Waals surface area (Å²) in [6.45, 7) is 4.08. The van der Waals surface area contributed by atoms with Crippen molar-refractivity contribution in [3.8, 4) is 39.4 Å². The molecule has 5 aromatic carbocycles. The minimum absolute atomic E-state index is 0. The molecule has 7 rings (SSSR count). The van der Waals surface area contributed by atoms with Crippen molar-refractivity contribution in [3.63, 3.8) is 0 Å². The van der Waals surface area contributed by atoms with E-state index >= 15 is 0 Å². The third kappa shape index (κ3) is 11.9. The molecule has 0 aliphatic rings. The number of imidazole rings is 1. The molecule has 0 radical (unpaired) electrons. The zero-order valence-corrected chi connectivity index (χ0v) is 31.6. The topological polar surface area (TPSA) is 30.9 Å². The van der Waals surface area contributed by atoms with E-state index in [4.69, 9.17) is 4.74 Å². The maximum absolute atomic E-state index is 5.89. The number of para-hydroxylation sites is 1. The Morgan fingerprint density at radius 1 is 0.688 bits per heavy atom. The summed E-state index contributed by atoms with van der Waals surface area (Å²) in [5.74, 6) is 1.40. The van der Waals surface area contributed by atoms with Crippen molar-refractivity contribution < 1.29 is 51.7 Å². The maximum atomic E-state index is 5.89. The van der Waals surface area contributed by atoms with Crippen molar-refractivity contribution in [3.05, 3.63) is 188 Å². The van der Waals surface area contributed by atoms with E-state index in [1.165, 1.54) is 0 Å². The molecule has 7 heteroatoms. The van der Waals surface area contributed by atoms with Crippen LogP contribution in [0.3, 0.4) is 0 Å². The summed E-state index contributed by atoms with van der Waals surface area (Å²) in [5.41, 5.74) is 7.36. The van der Waals surface area contributed by atoms with E-state index in [0.29, 0.717) is 11.5 Å². The van der Waals surface area contributed by atoms with Gasteiger partial charge < -0.3 is 13.9 Å². The fourth-order valence-corrected chi connectivity index (χ4v) is 4.42. The monoisotopic (exact) mass is 1010 g/mol. The molecule has 0 atom stereocenters. The predicted molar refractivity (Wildman–Crippen MR) is 183 cm³/mol. The smallest absolute Gasteiger partial charge is 0.0267 e. The van der Waals surface area contributed by atoms with E-state index in [1.807, 2.05) is 133 Å². The van der Waals surface area contributed by atoms with Gasteiger partial charge in [0.25, 0.3) is 0 Å². The Morgan fingerprint density at radius 3 is 1.73 bits per heavy atom. The molecule has 0 N–H and O–H groups in total. The van der Waals surface area contributed by atoms with E-state index in [2.05, 4.69) is 76.0 Å². The summed E-state index contributed by atoms with van der Waals surface area (Å²) >= 11 is 1.75. The van der Waals surface area contributed by atoms with Crippen molar-refractivity contribution in [2.45, 2.75) is 13.8 Å². The van der Waals surface area contributed by atoms with Crippen LogP contribution in [0.2, 0.25) is 0 Å². The van der Waals surface area contributed by atoms with Crippen molar-refractivity contribution in [1.29, 1.82) is 0 Å². The van der Waals surface area contributed by atoms with Gasteiger partial charge in [0, 0.05) is 36.3 Å². The van der Waals surface area contributed by atoms with Crippen LogP contribution in [0.25, 0.3) is 27.9 Å². The van der Waals surface area contributed by atoms with Crippen LogP contribution in [0.15, 0.2) is 140 Å². The fourth-order valence-electron chi connectivity index (χ4n) is 4.42. The molecular formula is C41H32Au2ClN3O-2. The molecule has 4 nitrogen and oxygen atoms in total. The van der Waals surface area contributed by atoms with Crippen molar-refractivity contribution in [2.75, 3.05) is 0 Å². The fraction of sp³-hybridized carbons (Fsp3) is 0.0732. The molecule has 0 aliphatic carbocycles. The number of hydrogen-bond acceptors (Lipinski definition) is 2. The summed E-state index contributed by atoms with van der Waals surface area (Å²) in [6, 6.07) is 53.7. The van der Waals surface area contributed by atoms with Gasteiger partial charge in [-0.15, -0.1) is 42.0 Å². The standard InChI is InChI=1S/C18H16N2O.C18H11.C5H5N.2Au.ClH/c1-14-11-15(2)18(21-16-7-5-4-6-8-16)12-17(14)20-10-9-19(3)13-20;1-3-8-15(9-4-1)17-12-7-13-18(14-17)16-10-5-2-6-11-16;1-2-4-6-5-3-1;;;/h4-7,9-11H,1-3H3;1-8,10,12-13H;1-5H;;;1H/q-2;-3;;+1;+3;/p-1. The molecule has 0 saturated carbocycles. The first-order valence-corrected chi connectivity index (χ1v) is 17.3. The Morgan fingerprint density at radius 2 is 1.27 bits per heavy atom. The van der Waals surface area contributed by atoms with Crippen molar-refractivity contribution >= 4 is 9.19 Å². The number of ether oxygens (including phenoxy) is 1. The molecule has 0 unspecified atom stereocenters. The number of nitrogens with zero attached hydrogens (tertiary/aromatic N) is 3.